The monoisotopic (exact) mass is 431 g/mol. The van der Waals surface area contributed by atoms with Gasteiger partial charge in [-0.1, -0.05) is 43.0 Å². The maximum Gasteiger partial charge on any atom is 0.223 e. The molecule has 1 aliphatic heterocycles. The fourth-order valence-electron chi connectivity index (χ4n) is 3.89. The quantitative estimate of drug-likeness (QED) is 0.346. The van der Waals surface area contributed by atoms with Crippen LogP contribution in [0, 0.1) is 0 Å². The summed E-state index contributed by atoms with van der Waals surface area (Å²) in [6.07, 6.45) is 7.01. The van der Waals surface area contributed by atoms with Gasteiger partial charge in [0.2, 0.25) is 5.95 Å². The van der Waals surface area contributed by atoms with E-state index >= 15 is 0 Å². The topological polar surface area (TPSA) is 47.0 Å². The highest BCUT2D eigenvalue weighted by Crippen LogP contribution is 2.27. The van der Waals surface area contributed by atoms with Crippen LogP contribution in [0.1, 0.15) is 20.3 Å². The van der Waals surface area contributed by atoms with E-state index in [0.717, 1.165) is 53.1 Å². The molecular weight excluding hydrogens is 396 g/mol. The fraction of sp³-hybridized carbons (Fsp3) is 0.333. The van der Waals surface area contributed by atoms with Crippen LogP contribution >= 0.6 is 0 Å². The Balaban J connectivity index is 1.84. The first-order valence-electron chi connectivity index (χ1n) is 11.0. The molecule has 32 heavy (non-hydrogen) atoms. The Labute approximate surface area is 192 Å². The van der Waals surface area contributed by atoms with E-state index in [1.54, 1.807) is 7.11 Å². The van der Waals surface area contributed by atoms with Crippen molar-refractivity contribution < 1.29 is 9.22 Å². The Bertz CT molecular complexity index is 1050. The van der Waals surface area contributed by atoms with Gasteiger partial charge in [-0.25, -0.2) is 9.97 Å². The number of rotatable bonds is 8. The van der Waals surface area contributed by atoms with E-state index in [1.165, 1.54) is 16.7 Å². The molecular formula is C27H35N4O+. The SMILES string of the molecule is C=C(C)/C(=C\C=C(/C)C1=C(CNc2nccc(-c3ccccc3)n2)CC[N+](C)(C)C1)OC. The van der Waals surface area contributed by atoms with Crippen molar-refractivity contribution >= 4 is 5.95 Å². The van der Waals surface area contributed by atoms with E-state index in [-0.39, 0.29) is 0 Å². The van der Waals surface area contributed by atoms with Gasteiger partial charge in [-0.05, 0) is 42.7 Å². The molecule has 1 N–H and O–H groups in total. The summed E-state index contributed by atoms with van der Waals surface area (Å²) in [5.74, 6) is 1.46. The predicted octanol–water partition coefficient (Wildman–Crippen LogP) is 5.38. The number of methoxy groups -OCH3 is 1. The Kier molecular flexibility index (Phi) is 7.65. The van der Waals surface area contributed by atoms with Gasteiger partial charge < -0.3 is 14.5 Å². The number of nitrogens with one attached hydrogen (secondary N) is 1. The smallest absolute Gasteiger partial charge is 0.223 e. The van der Waals surface area contributed by atoms with Crippen LogP contribution in [0.4, 0.5) is 5.95 Å². The summed E-state index contributed by atoms with van der Waals surface area (Å²) < 4.78 is 6.42. The van der Waals surface area contributed by atoms with Crippen LogP contribution in [0.25, 0.3) is 11.3 Å². The molecule has 5 nitrogen and oxygen atoms in total. The van der Waals surface area contributed by atoms with E-state index in [4.69, 9.17) is 9.72 Å². The highest BCUT2D eigenvalue weighted by Gasteiger charge is 2.27. The van der Waals surface area contributed by atoms with Gasteiger partial charge in [0.15, 0.2) is 0 Å². The third-order valence-electron chi connectivity index (χ3n) is 5.82. The molecule has 0 radical (unpaired) electrons. The summed E-state index contributed by atoms with van der Waals surface area (Å²) in [7, 11) is 6.25. The number of quaternary nitrogens is 1. The maximum atomic E-state index is 5.44. The Morgan fingerprint density at radius 2 is 1.91 bits per heavy atom. The van der Waals surface area contributed by atoms with Gasteiger partial charge in [0.25, 0.3) is 0 Å². The summed E-state index contributed by atoms with van der Waals surface area (Å²) in [5, 5.41) is 3.46. The second-order valence-electron chi connectivity index (χ2n) is 9.00. The van der Waals surface area contributed by atoms with E-state index in [0.29, 0.717) is 5.95 Å². The van der Waals surface area contributed by atoms with Crippen molar-refractivity contribution in [2.45, 2.75) is 20.3 Å². The van der Waals surface area contributed by atoms with Crippen molar-refractivity contribution in [3.63, 3.8) is 0 Å². The van der Waals surface area contributed by atoms with E-state index in [9.17, 15) is 0 Å². The lowest BCUT2D eigenvalue weighted by molar-refractivity contribution is -0.887. The van der Waals surface area contributed by atoms with Crippen LogP contribution in [0.3, 0.4) is 0 Å². The van der Waals surface area contributed by atoms with Gasteiger partial charge in [0.1, 0.15) is 12.3 Å². The standard InChI is InChI=1S/C27H35N4O/c1-20(2)26(32-6)13-12-21(3)24-19-31(4,5)17-15-23(24)18-29-27-28-16-14-25(30-27)22-10-8-7-9-11-22/h7-14,16H,1,15,17-19H2,2-6H3,(H,28,29,30)/q+1/b21-12+,26-13+. The van der Waals surface area contributed by atoms with Crippen LogP contribution < -0.4 is 5.32 Å². The van der Waals surface area contributed by atoms with Crippen LogP contribution in [0.15, 0.2) is 89.4 Å². The minimum atomic E-state index is 0.656. The molecule has 5 heteroatoms. The molecule has 2 heterocycles. The average molecular weight is 432 g/mol. The van der Waals surface area contributed by atoms with Crippen LogP contribution in [0.2, 0.25) is 0 Å². The molecule has 0 amide bonds. The van der Waals surface area contributed by atoms with E-state index in [1.807, 2.05) is 43.5 Å². The maximum absolute atomic E-state index is 5.44. The van der Waals surface area contributed by atoms with Crippen molar-refractivity contribution in [1.29, 1.82) is 0 Å². The number of benzene rings is 1. The predicted molar refractivity (Wildman–Crippen MR) is 133 cm³/mol. The number of hydrogen-bond donors (Lipinski definition) is 1. The molecule has 0 fully saturated rings. The van der Waals surface area contributed by atoms with Gasteiger partial charge in [-0.15, -0.1) is 0 Å². The number of aromatic nitrogens is 2. The van der Waals surface area contributed by atoms with E-state index < -0.39 is 0 Å². The highest BCUT2D eigenvalue weighted by atomic mass is 16.5. The summed E-state index contributed by atoms with van der Waals surface area (Å²) in [4.78, 5) is 9.16. The van der Waals surface area contributed by atoms with Crippen molar-refractivity contribution in [3.05, 3.63) is 89.4 Å². The van der Waals surface area contributed by atoms with Crippen molar-refractivity contribution in [2.75, 3.05) is 46.2 Å². The molecule has 1 aliphatic rings. The number of nitrogens with zero attached hydrogens (tertiary/aromatic N) is 3. The van der Waals surface area contributed by atoms with Crippen LogP contribution in [-0.4, -0.2) is 55.3 Å². The number of anilines is 1. The molecule has 0 saturated carbocycles. The second-order valence-corrected chi connectivity index (χ2v) is 9.00. The molecule has 1 aromatic heterocycles. The van der Waals surface area contributed by atoms with Gasteiger partial charge in [0.05, 0.1) is 33.4 Å². The van der Waals surface area contributed by atoms with Crippen molar-refractivity contribution in [2.24, 2.45) is 0 Å². The van der Waals surface area contributed by atoms with Gasteiger partial charge in [-0.2, -0.15) is 0 Å². The van der Waals surface area contributed by atoms with Crippen LogP contribution in [0.5, 0.6) is 0 Å². The number of likely N-dealkylation sites (N-methyl/N-ethyl adjacent to an activating group) is 1. The number of ether oxygens (including phenoxy) is 1. The first kappa shape index (κ1) is 23.5. The number of allylic oxidation sites excluding steroid dienone is 3. The third-order valence-corrected chi connectivity index (χ3v) is 5.82. The zero-order chi connectivity index (χ0) is 23.1. The minimum absolute atomic E-state index is 0.656. The van der Waals surface area contributed by atoms with Gasteiger partial charge in [0, 0.05) is 30.3 Å². The summed E-state index contributed by atoms with van der Waals surface area (Å²) in [5.41, 5.74) is 6.98. The summed E-state index contributed by atoms with van der Waals surface area (Å²) in [6.45, 7) is 11.0. The zero-order valence-electron chi connectivity index (χ0n) is 20.0. The molecule has 2 aromatic rings. The Hall–Kier alpha value is -3.18. The van der Waals surface area contributed by atoms with Gasteiger partial charge >= 0.3 is 0 Å². The average Bonchev–Trinajstić information content (AvgIpc) is 2.78. The largest absolute Gasteiger partial charge is 0.497 e. The lowest BCUT2D eigenvalue weighted by atomic mass is 9.93. The molecule has 0 bridgehead atoms. The Morgan fingerprint density at radius 3 is 2.59 bits per heavy atom. The van der Waals surface area contributed by atoms with Crippen LogP contribution in [-0.2, 0) is 4.74 Å². The Morgan fingerprint density at radius 1 is 1.16 bits per heavy atom. The molecule has 168 valence electrons. The molecule has 0 spiro atoms. The summed E-state index contributed by atoms with van der Waals surface area (Å²) in [6, 6.07) is 12.1. The molecule has 1 aromatic carbocycles. The lowest BCUT2D eigenvalue weighted by Gasteiger charge is -2.36. The first-order chi connectivity index (χ1) is 15.3. The third kappa shape index (κ3) is 6.17. The van der Waals surface area contributed by atoms with Crippen molar-refractivity contribution in [3.8, 4) is 11.3 Å². The van der Waals surface area contributed by atoms with E-state index in [2.05, 4.69) is 56.1 Å². The molecule has 0 unspecified atom stereocenters. The molecule has 0 aliphatic carbocycles. The normalized spacial score (nSPS) is 16.7. The molecule has 0 atom stereocenters. The lowest BCUT2D eigenvalue weighted by Crippen LogP contribution is -2.45. The van der Waals surface area contributed by atoms with Gasteiger partial charge in [-0.3, -0.25) is 0 Å². The fourth-order valence-corrected chi connectivity index (χ4v) is 3.89. The molecule has 3 rings (SSSR count). The highest BCUT2D eigenvalue weighted by molar-refractivity contribution is 5.59. The summed E-state index contributed by atoms with van der Waals surface area (Å²) >= 11 is 0. The molecule has 0 saturated heterocycles. The first-order valence-corrected chi connectivity index (χ1v) is 11.0. The minimum Gasteiger partial charge on any atom is -0.497 e. The van der Waals surface area contributed by atoms with Crippen molar-refractivity contribution in [1.82, 2.24) is 9.97 Å². The number of hydrogen-bond acceptors (Lipinski definition) is 4. The zero-order valence-corrected chi connectivity index (χ0v) is 20.0. The second kappa shape index (κ2) is 10.4.